The summed E-state index contributed by atoms with van der Waals surface area (Å²) in [6.45, 7) is -0.729. The number of aliphatic hydroxyl groups excluding tert-OH is 3. The van der Waals surface area contributed by atoms with Crippen molar-refractivity contribution >= 4 is 23.9 Å². The van der Waals surface area contributed by atoms with Gasteiger partial charge in [-0.05, 0) is 0 Å². The van der Waals surface area contributed by atoms with Crippen molar-refractivity contribution in [2.45, 2.75) is 6.10 Å². The molecule has 0 fully saturated rings. The number of aliphatic hydroxyl groups is 3. The second-order valence-electron chi connectivity index (χ2n) is 3.75. The molecule has 0 unspecified atom stereocenters. The Kier molecular flexibility index (Phi) is 8.14. The summed E-state index contributed by atoms with van der Waals surface area (Å²) in [5.74, 6) is 0. The minimum atomic E-state index is -0.954. The summed E-state index contributed by atoms with van der Waals surface area (Å²) < 4.78 is 2.86. The molecule has 3 N–H and O–H groups in total. The molecule has 0 atom stereocenters. The topological polar surface area (TPSA) is 60.7 Å². The SMILES string of the molecule is OCC(O)CO.c1ccc([Se]c2ccccc2)cc1. The molecule has 3 nitrogen and oxygen atoms in total. The number of benzene rings is 2. The maximum absolute atomic E-state index is 8.17. The second kappa shape index (κ2) is 9.73. The molecule has 4 heteroatoms. The van der Waals surface area contributed by atoms with Gasteiger partial charge in [-0.15, -0.1) is 0 Å². The molecule has 0 saturated carbocycles. The van der Waals surface area contributed by atoms with Gasteiger partial charge in [-0.1, -0.05) is 0 Å². The van der Waals surface area contributed by atoms with Gasteiger partial charge in [0.25, 0.3) is 0 Å². The average Bonchev–Trinajstić information content (AvgIpc) is 2.49. The van der Waals surface area contributed by atoms with Gasteiger partial charge in [0.05, 0.1) is 13.2 Å². The molecular formula is C15H18O3Se. The van der Waals surface area contributed by atoms with Crippen LogP contribution in [0, 0.1) is 0 Å². The van der Waals surface area contributed by atoms with E-state index < -0.39 is 6.10 Å². The van der Waals surface area contributed by atoms with Gasteiger partial charge >= 0.3 is 84.5 Å². The Bertz CT molecular complexity index is 392. The van der Waals surface area contributed by atoms with Crippen LogP contribution in [0.4, 0.5) is 0 Å². The first-order chi connectivity index (χ1) is 9.26. The average molecular weight is 325 g/mol. The molecule has 0 aliphatic rings. The number of hydrogen-bond acceptors (Lipinski definition) is 3. The Morgan fingerprint density at radius 2 is 1.11 bits per heavy atom. The van der Waals surface area contributed by atoms with Gasteiger partial charge < -0.3 is 15.3 Å². The number of hydrogen-bond donors (Lipinski definition) is 3. The Hall–Kier alpha value is -1.16. The summed E-state index contributed by atoms with van der Waals surface area (Å²) in [6, 6.07) is 21.3. The molecule has 2 rings (SSSR count). The van der Waals surface area contributed by atoms with Crippen LogP contribution in [-0.2, 0) is 0 Å². The van der Waals surface area contributed by atoms with Gasteiger partial charge in [0, 0.05) is 0 Å². The van der Waals surface area contributed by atoms with E-state index in [1.165, 1.54) is 8.92 Å². The van der Waals surface area contributed by atoms with E-state index in [-0.39, 0.29) is 13.2 Å². The summed E-state index contributed by atoms with van der Waals surface area (Å²) in [6.07, 6.45) is -0.954. The van der Waals surface area contributed by atoms with Crippen LogP contribution >= 0.6 is 0 Å². The van der Waals surface area contributed by atoms with Gasteiger partial charge in [0.2, 0.25) is 0 Å². The van der Waals surface area contributed by atoms with E-state index in [1.54, 1.807) is 0 Å². The predicted octanol–water partition coefficient (Wildman–Crippen LogP) is -0.327. The van der Waals surface area contributed by atoms with Gasteiger partial charge in [-0.3, -0.25) is 0 Å². The standard InChI is InChI=1S/C12H10Se.C3H8O3/c1-3-7-11(8-4-1)13-12-9-5-2-6-10-12;4-1-3(6)2-5/h1-10H;3-6H,1-2H2. The first-order valence-corrected chi connectivity index (χ1v) is 7.65. The zero-order chi connectivity index (χ0) is 13.9. The molecule has 102 valence electrons. The van der Waals surface area contributed by atoms with E-state index >= 15 is 0 Å². The van der Waals surface area contributed by atoms with Crippen LogP contribution in [0.3, 0.4) is 0 Å². The Balaban J connectivity index is 0.000000258. The molecule has 2 aromatic rings. The van der Waals surface area contributed by atoms with E-state index in [0.717, 1.165) is 0 Å². The molecule has 0 bridgehead atoms. The van der Waals surface area contributed by atoms with Crippen molar-refractivity contribution in [3.05, 3.63) is 60.7 Å². The van der Waals surface area contributed by atoms with Gasteiger partial charge in [0.1, 0.15) is 6.10 Å². The molecule has 0 heterocycles. The van der Waals surface area contributed by atoms with E-state index in [2.05, 4.69) is 60.7 Å². The van der Waals surface area contributed by atoms with Crippen LogP contribution in [0.1, 0.15) is 0 Å². The first kappa shape index (κ1) is 15.9. The molecule has 0 amide bonds. The zero-order valence-corrected chi connectivity index (χ0v) is 12.2. The van der Waals surface area contributed by atoms with Crippen LogP contribution in [0.5, 0.6) is 0 Å². The Morgan fingerprint density at radius 3 is 1.37 bits per heavy atom. The van der Waals surface area contributed by atoms with Gasteiger partial charge in [-0.2, -0.15) is 0 Å². The third-order valence-corrected chi connectivity index (χ3v) is 4.27. The van der Waals surface area contributed by atoms with Crippen molar-refractivity contribution in [3.8, 4) is 0 Å². The second-order valence-corrected chi connectivity index (χ2v) is 6.15. The molecule has 0 aliphatic heterocycles. The van der Waals surface area contributed by atoms with Crippen molar-refractivity contribution in [2.75, 3.05) is 13.2 Å². The molecule has 19 heavy (non-hydrogen) atoms. The van der Waals surface area contributed by atoms with Gasteiger partial charge in [-0.25, -0.2) is 0 Å². The quantitative estimate of drug-likeness (QED) is 0.675. The Morgan fingerprint density at radius 1 is 0.737 bits per heavy atom. The van der Waals surface area contributed by atoms with Gasteiger partial charge in [0.15, 0.2) is 0 Å². The van der Waals surface area contributed by atoms with Crippen LogP contribution in [0.15, 0.2) is 60.7 Å². The molecule has 0 radical (unpaired) electrons. The molecule has 0 saturated heterocycles. The van der Waals surface area contributed by atoms with Crippen molar-refractivity contribution < 1.29 is 15.3 Å². The monoisotopic (exact) mass is 326 g/mol. The third-order valence-electron chi connectivity index (χ3n) is 2.14. The molecule has 0 spiro atoms. The summed E-state index contributed by atoms with van der Waals surface area (Å²) in [5, 5.41) is 24.0. The fourth-order valence-corrected chi connectivity index (χ4v) is 2.97. The third kappa shape index (κ3) is 7.11. The minimum absolute atomic E-state index is 0.365. The summed E-state index contributed by atoms with van der Waals surface area (Å²) >= 11 is 0.461. The Labute approximate surface area is 119 Å². The van der Waals surface area contributed by atoms with Crippen LogP contribution < -0.4 is 8.92 Å². The molecule has 2 aromatic carbocycles. The van der Waals surface area contributed by atoms with Crippen LogP contribution in [-0.4, -0.2) is 49.6 Å². The van der Waals surface area contributed by atoms with E-state index in [9.17, 15) is 0 Å². The first-order valence-electron chi connectivity index (χ1n) is 5.94. The van der Waals surface area contributed by atoms with Crippen LogP contribution in [0.25, 0.3) is 0 Å². The fourth-order valence-electron chi connectivity index (χ4n) is 1.17. The van der Waals surface area contributed by atoms with E-state index in [4.69, 9.17) is 15.3 Å². The zero-order valence-electron chi connectivity index (χ0n) is 10.5. The van der Waals surface area contributed by atoms with Crippen LogP contribution in [0.2, 0.25) is 0 Å². The summed E-state index contributed by atoms with van der Waals surface area (Å²) in [4.78, 5) is 0. The predicted molar refractivity (Wildman–Crippen MR) is 78.1 cm³/mol. The van der Waals surface area contributed by atoms with Crippen molar-refractivity contribution in [2.24, 2.45) is 0 Å². The van der Waals surface area contributed by atoms with Crippen molar-refractivity contribution in [1.29, 1.82) is 0 Å². The number of rotatable bonds is 4. The molecule has 0 aromatic heterocycles. The van der Waals surface area contributed by atoms with E-state index in [1.807, 2.05) is 0 Å². The summed E-state index contributed by atoms with van der Waals surface area (Å²) in [5.41, 5.74) is 0. The maximum atomic E-state index is 8.17. The molecular weight excluding hydrogens is 307 g/mol. The van der Waals surface area contributed by atoms with Crippen molar-refractivity contribution in [1.82, 2.24) is 0 Å². The van der Waals surface area contributed by atoms with E-state index in [0.29, 0.717) is 15.0 Å². The summed E-state index contributed by atoms with van der Waals surface area (Å²) in [7, 11) is 0. The van der Waals surface area contributed by atoms with Crippen molar-refractivity contribution in [3.63, 3.8) is 0 Å². The fraction of sp³-hybridized carbons (Fsp3) is 0.200. The normalized spacial score (nSPS) is 9.89. The molecule has 0 aliphatic carbocycles.